The zero-order chi connectivity index (χ0) is 20.4. The Hall–Kier alpha value is -1.89. The first-order valence-electron chi connectivity index (χ1n) is 9.81. The molecular weight excluding hydrogens is 381 g/mol. The van der Waals surface area contributed by atoms with E-state index < -0.39 is 5.97 Å². The molecular formula is C21H28FNO4S. The number of carboxylic acid groups (broad SMARTS) is 1. The number of likely N-dealkylation sites (tertiary alicyclic amines) is 1. The Morgan fingerprint density at radius 3 is 2.82 bits per heavy atom. The zero-order valence-corrected chi connectivity index (χ0v) is 16.9. The van der Waals surface area contributed by atoms with Crippen LogP contribution in [0.5, 0.6) is 0 Å². The van der Waals surface area contributed by atoms with Gasteiger partial charge in [-0.25, -0.2) is 4.39 Å². The van der Waals surface area contributed by atoms with Crippen LogP contribution >= 0.6 is 11.8 Å². The van der Waals surface area contributed by atoms with Crippen LogP contribution in [0.4, 0.5) is 4.39 Å². The maximum atomic E-state index is 13.2. The summed E-state index contributed by atoms with van der Waals surface area (Å²) in [5, 5.41) is 8.65. The normalized spacial score (nSPS) is 17.0. The summed E-state index contributed by atoms with van der Waals surface area (Å²) in [6.45, 7) is 0.638. The van der Waals surface area contributed by atoms with Crippen molar-refractivity contribution in [3.63, 3.8) is 0 Å². The highest BCUT2D eigenvalue weighted by molar-refractivity contribution is 7.99. The van der Waals surface area contributed by atoms with Gasteiger partial charge in [-0.05, 0) is 49.1 Å². The first-order valence-corrected chi connectivity index (χ1v) is 11.0. The van der Waals surface area contributed by atoms with Crippen LogP contribution in [0.3, 0.4) is 0 Å². The number of thioether (sulfide) groups is 1. The molecule has 1 N–H and O–H groups in total. The highest BCUT2D eigenvalue weighted by Crippen LogP contribution is 2.23. The molecule has 1 atom stereocenters. The van der Waals surface area contributed by atoms with Crippen molar-refractivity contribution in [2.45, 2.75) is 57.4 Å². The highest BCUT2D eigenvalue weighted by atomic mass is 32.2. The predicted molar refractivity (Wildman–Crippen MR) is 108 cm³/mol. The smallest absolute Gasteiger partial charge is 0.303 e. The molecule has 154 valence electrons. The van der Waals surface area contributed by atoms with Gasteiger partial charge in [0, 0.05) is 44.0 Å². The lowest BCUT2D eigenvalue weighted by molar-refractivity contribution is -0.137. The van der Waals surface area contributed by atoms with Crippen LogP contribution in [0.25, 0.3) is 0 Å². The van der Waals surface area contributed by atoms with E-state index in [4.69, 9.17) is 5.11 Å². The highest BCUT2D eigenvalue weighted by Gasteiger charge is 2.27. The molecule has 0 bridgehead atoms. The third kappa shape index (κ3) is 8.00. The fourth-order valence-electron chi connectivity index (χ4n) is 3.48. The molecule has 0 radical (unpaired) electrons. The SMILES string of the molecule is O=C(O)CCCSCCN1C(=O)CCC[C@@H]1CCC(=O)Cc1cccc(F)c1. The molecule has 1 heterocycles. The number of benzene rings is 1. The molecule has 7 heteroatoms. The fraction of sp³-hybridized carbons (Fsp3) is 0.571. The maximum absolute atomic E-state index is 13.2. The quantitative estimate of drug-likeness (QED) is 0.533. The van der Waals surface area contributed by atoms with E-state index in [-0.39, 0.29) is 36.4 Å². The van der Waals surface area contributed by atoms with Gasteiger partial charge in [0.05, 0.1) is 0 Å². The predicted octanol–water partition coefficient (Wildman–Crippen LogP) is 3.70. The zero-order valence-electron chi connectivity index (χ0n) is 16.1. The van der Waals surface area contributed by atoms with Gasteiger partial charge in [0.1, 0.15) is 11.6 Å². The second-order valence-corrected chi connectivity index (χ2v) is 8.35. The van der Waals surface area contributed by atoms with E-state index in [9.17, 15) is 18.8 Å². The topological polar surface area (TPSA) is 74.7 Å². The monoisotopic (exact) mass is 409 g/mol. The number of ketones is 1. The summed E-state index contributed by atoms with van der Waals surface area (Å²) in [5.41, 5.74) is 0.680. The second kappa shape index (κ2) is 11.8. The van der Waals surface area contributed by atoms with Crippen molar-refractivity contribution in [3.8, 4) is 0 Å². The molecule has 0 saturated carbocycles. The minimum absolute atomic E-state index is 0.0617. The van der Waals surface area contributed by atoms with Gasteiger partial charge >= 0.3 is 5.97 Å². The number of Topliss-reactive ketones (excluding diaryl/α,β-unsaturated/α-hetero) is 1. The lowest BCUT2D eigenvalue weighted by Gasteiger charge is -2.35. The standard InChI is InChI=1S/C21H28FNO4S/c22-17-5-1-4-16(14-17)15-19(24)10-9-18-6-2-7-20(25)23(18)11-13-28-12-3-8-21(26)27/h1,4-5,14,18H,2-3,6-13,15H2,(H,26,27)/t18-/m1/s1. The van der Waals surface area contributed by atoms with E-state index in [2.05, 4.69) is 0 Å². The van der Waals surface area contributed by atoms with E-state index in [1.807, 2.05) is 4.90 Å². The third-order valence-corrected chi connectivity index (χ3v) is 5.94. The third-order valence-electron chi connectivity index (χ3n) is 4.89. The molecule has 1 aliphatic heterocycles. The number of nitrogens with zero attached hydrogens (tertiary/aromatic N) is 1. The van der Waals surface area contributed by atoms with Gasteiger partial charge in [-0.1, -0.05) is 12.1 Å². The van der Waals surface area contributed by atoms with Crippen LogP contribution in [-0.2, 0) is 20.8 Å². The molecule has 1 aromatic carbocycles. The summed E-state index contributed by atoms with van der Waals surface area (Å²) in [4.78, 5) is 37.0. The minimum Gasteiger partial charge on any atom is -0.481 e. The van der Waals surface area contributed by atoms with Crippen LogP contribution in [0.15, 0.2) is 24.3 Å². The number of amides is 1. The van der Waals surface area contributed by atoms with Gasteiger partial charge in [-0.15, -0.1) is 0 Å². The van der Waals surface area contributed by atoms with Gasteiger partial charge < -0.3 is 10.0 Å². The van der Waals surface area contributed by atoms with Crippen molar-refractivity contribution in [1.82, 2.24) is 4.90 Å². The summed E-state index contributed by atoms with van der Waals surface area (Å²) >= 11 is 1.66. The molecule has 1 saturated heterocycles. The lowest BCUT2D eigenvalue weighted by atomic mass is 9.95. The van der Waals surface area contributed by atoms with Crippen molar-refractivity contribution in [2.75, 3.05) is 18.1 Å². The lowest BCUT2D eigenvalue weighted by Crippen LogP contribution is -2.45. The molecule has 5 nitrogen and oxygen atoms in total. The number of piperidine rings is 1. The van der Waals surface area contributed by atoms with Gasteiger partial charge in [-0.3, -0.25) is 14.4 Å². The largest absolute Gasteiger partial charge is 0.481 e. The summed E-state index contributed by atoms with van der Waals surface area (Å²) in [6, 6.07) is 6.18. The van der Waals surface area contributed by atoms with Crippen LogP contribution in [0.1, 0.15) is 50.5 Å². The van der Waals surface area contributed by atoms with Crippen LogP contribution < -0.4 is 0 Å². The number of carbonyl (C=O) groups is 3. The molecule has 1 amide bonds. The average molecular weight is 410 g/mol. The van der Waals surface area contributed by atoms with E-state index in [0.717, 1.165) is 24.3 Å². The van der Waals surface area contributed by atoms with Crippen molar-refractivity contribution in [2.24, 2.45) is 0 Å². The first kappa shape index (κ1) is 22.4. The fourth-order valence-corrected chi connectivity index (χ4v) is 4.36. The van der Waals surface area contributed by atoms with Gasteiger partial charge in [0.2, 0.25) is 5.91 Å². The van der Waals surface area contributed by atoms with E-state index in [1.54, 1.807) is 23.9 Å². The summed E-state index contributed by atoms with van der Waals surface area (Å²) in [7, 11) is 0. The Labute approximate surface area is 169 Å². The molecule has 0 aromatic heterocycles. The number of carboxylic acids is 1. The molecule has 0 aliphatic carbocycles. The molecule has 1 aliphatic rings. The van der Waals surface area contributed by atoms with E-state index in [0.29, 0.717) is 37.8 Å². The van der Waals surface area contributed by atoms with Gasteiger partial charge in [0.15, 0.2) is 0 Å². The van der Waals surface area contributed by atoms with Crippen molar-refractivity contribution in [3.05, 3.63) is 35.6 Å². The number of hydrogen-bond donors (Lipinski definition) is 1. The van der Waals surface area contributed by atoms with E-state index >= 15 is 0 Å². The average Bonchev–Trinajstić information content (AvgIpc) is 2.64. The van der Waals surface area contributed by atoms with Gasteiger partial charge in [0.25, 0.3) is 0 Å². The van der Waals surface area contributed by atoms with Crippen LogP contribution in [0, 0.1) is 5.82 Å². The number of halogens is 1. The minimum atomic E-state index is -0.783. The van der Waals surface area contributed by atoms with Crippen molar-refractivity contribution in [1.29, 1.82) is 0 Å². The Kier molecular flexibility index (Phi) is 9.47. The molecule has 0 unspecified atom stereocenters. The number of rotatable bonds is 12. The molecule has 1 aromatic rings. The Morgan fingerprint density at radius 1 is 1.25 bits per heavy atom. The summed E-state index contributed by atoms with van der Waals surface area (Å²) < 4.78 is 13.2. The Morgan fingerprint density at radius 2 is 2.07 bits per heavy atom. The van der Waals surface area contributed by atoms with Crippen LogP contribution in [0.2, 0.25) is 0 Å². The summed E-state index contributed by atoms with van der Waals surface area (Å²) in [5.74, 6) is 0.626. The number of hydrogen-bond acceptors (Lipinski definition) is 4. The van der Waals surface area contributed by atoms with Crippen molar-refractivity contribution < 1.29 is 23.9 Å². The number of carbonyl (C=O) groups excluding carboxylic acids is 2. The first-order chi connectivity index (χ1) is 13.5. The van der Waals surface area contributed by atoms with E-state index in [1.165, 1.54) is 12.1 Å². The second-order valence-electron chi connectivity index (χ2n) is 7.13. The molecule has 28 heavy (non-hydrogen) atoms. The summed E-state index contributed by atoms with van der Waals surface area (Å²) in [6.07, 6.45) is 4.36. The van der Waals surface area contributed by atoms with Crippen molar-refractivity contribution >= 4 is 29.4 Å². The molecule has 1 fully saturated rings. The Balaban J connectivity index is 1.75. The van der Waals surface area contributed by atoms with Gasteiger partial charge in [-0.2, -0.15) is 11.8 Å². The van der Waals surface area contributed by atoms with Crippen LogP contribution in [-0.4, -0.2) is 51.8 Å². The maximum Gasteiger partial charge on any atom is 0.303 e. The molecule has 0 spiro atoms. The Bertz CT molecular complexity index is 682. The number of aliphatic carboxylic acids is 1. The molecule has 2 rings (SSSR count).